The van der Waals surface area contributed by atoms with E-state index in [4.69, 9.17) is 5.73 Å². The summed E-state index contributed by atoms with van der Waals surface area (Å²) in [6, 6.07) is 6.33. The zero-order valence-corrected chi connectivity index (χ0v) is 12.3. The number of piperidine rings is 1. The molecule has 20 heavy (non-hydrogen) atoms. The molecule has 0 bridgehead atoms. The third-order valence-corrected chi connectivity index (χ3v) is 4.87. The molecular weight excluding hydrogens is 251 g/mol. The maximum Gasteiger partial charge on any atom is 0.146 e. The molecule has 1 saturated carbocycles. The molecule has 3 atom stereocenters. The lowest BCUT2D eigenvalue weighted by Crippen LogP contribution is -2.43. The van der Waals surface area contributed by atoms with Crippen molar-refractivity contribution in [3.05, 3.63) is 29.6 Å². The van der Waals surface area contributed by atoms with Crippen molar-refractivity contribution >= 4 is 5.69 Å². The highest BCUT2D eigenvalue weighted by Crippen LogP contribution is 2.39. The summed E-state index contributed by atoms with van der Waals surface area (Å²) in [4.78, 5) is 2.33. The van der Waals surface area contributed by atoms with E-state index in [0.717, 1.165) is 30.1 Å². The van der Waals surface area contributed by atoms with Crippen molar-refractivity contribution < 1.29 is 4.39 Å². The average Bonchev–Trinajstić information content (AvgIpc) is 2.86. The molecule has 1 saturated heterocycles. The molecule has 3 heteroatoms. The van der Waals surface area contributed by atoms with Gasteiger partial charge in [-0.05, 0) is 62.6 Å². The average molecular weight is 276 g/mol. The van der Waals surface area contributed by atoms with Crippen molar-refractivity contribution in [3.63, 3.8) is 0 Å². The predicted molar refractivity (Wildman–Crippen MR) is 81.5 cm³/mol. The van der Waals surface area contributed by atoms with Gasteiger partial charge < -0.3 is 10.6 Å². The third-order valence-electron chi connectivity index (χ3n) is 4.87. The number of fused-ring (bicyclic) bond motifs is 1. The molecule has 3 rings (SSSR count). The van der Waals surface area contributed by atoms with Crippen LogP contribution in [-0.2, 0) is 6.42 Å². The first-order valence-electron chi connectivity index (χ1n) is 7.96. The van der Waals surface area contributed by atoms with Gasteiger partial charge in [0.25, 0.3) is 0 Å². The minimum absolute atomic E-state index is 0.0734. The standard InChI is InChI=1S/C17H25FN2/c1-12(19)10-13-7-8-17(15(18)11-13)20-9-3-5-14-4-2-6-16(14)20/h7-8,11-12,14,16H,2-6,9-10,19H2,1H3. The Balaban J connectivity index is 1.82. The molecule has 2 aliphatic rings. The van der Waals surface area contributed by atoms with Crippen LogP contribution < -0.4 is 10.6 Å². The predicted octanol–water partition coefficient (Wildman–Crippen LogP) is 3.48. The number of hydrogen-bond donors (Lipinski definition) is 1. The molecule has 0 aromatic heterocycles. The van der Waals surface area contributed by atoms with E-state index in [1.54, 1.807) is 6.07 Å². The quantitative estimate of drug-likeness (QED) is 0.915. The van der Waals surface area contributed by atoms with E-state index in [1.165, 1.54) is 32.1 Å². The van der Waals surface area contributed by atoms with Gasteiger partial charge in [0.05, 0.1) is 5.69 Å². The summed E-state index contributed by atoms with van der Waals surface area (Å²) in [5, 5.41) is 0. The lowest BCUT2D eigenvalue weighted by Gasteiger charge is -2.39. The van der Waals surface area contributed by atoms with Crippen LogP contribution in [0.5, 0.6) is 0 Å². The minimum Gasteiger partial charge on any atom is -0.366 e. The highest BCUT2D eigenvalue weighted by atomic mass is 19.1. The first-order valence-corrected chi connectivity index (χ1v) is 7.96. The van der Waals surface area contributed by atoms with Gasteiger partial charge in [-0.2, -0.15) is 0 Å². The number of benzene rings is 1. The summed E-state index contributed by atoms with van der Waals surface area (Å²) in [5.41, 5.74) is 7.59. The highest BCUT2D eigenvalue weighted by Gasteiger charge is 2.35. The monoisotopic (exact) mass is 276 g/mol. The molecule has 0 radical (unpaired) electrons. The minimum atomic E-state index is -0.0734. The Morgan fingerprint density at radius 3 is 2.85 bits per heavy atom. The molecule has 0 amide bonds. The van der Waals surface area contributed by atoms with E-state index >= 15 is 0 Å². The number of nitrogens with two attached hydrogens (primary N) is 1. The van der Waals surface area contributed by atoms with Gasteiger partial charge in [-0.25, -0.2) is 4.39 Å². The first-order chi connectivity index (χ1) is 9.65. The fourth-order valence-electron chi connectivity index (χ4n) is 4.04. The molecule has 1 aliphatic heterocycles. The van der Waals surface area contributed by atoms with Crippen LogP contribution >= 0.6 is 0 Å². The van der Waals surface area contributed by atoms with E-state index in [2.05, 4.69) is 4.90 Å². The summed E-state index contributed by atoms with van der Waals surface area (Å²) in [7, 11) is 0. The van der Waals surface area contributed by atoms with Gasteiger partial charge in [-0.15, -0.1) is 0 Å². The maximum absolute atomic E-state index is 14.5. The molecule has 1 aromatic carbocycles. The lowest BCUT2D eigenvalue weighted by atomic mass is 9.91. The number of anilines is 1. The van der Waals surface area contributed by atoms with Crippen molar-refractivity contribution in [3.8, 4) is 0 Å². The van der Waals surface area contributed by atoms with Crippen LogP contribution in [0.3, 0.4) is 0 Å². The second-order valence-corrected chi connectivity index (χ2v) is 6.56. The van der Waals surface area contributed by atoms with Crippen LogP contribution in [0.4, 0.5) is 10.1 Å². The number of rotatable bonds is 3. The summed E-state index contributed by atoms with van der Waals surface area (Å²) in [5.74, 6) is 0.711. The largest absolute Gasteiger partial charge is 0.366 e. The van der Waals surface area contributed by atoms with Crippen molar-refractivity contribution in [1.82, 2.24) is 0 Å². The fraction of sp³-hybridized carbons (Fsp3) is 0.647. The summed E-state index contributed by atoms with van der Waals surface area (Å²) < 4.78 is 14.5. The van der Waals surface area contributed by atoms with E-state index < -0.39 is 0 Å². The molecule has 1 heterocycles. The molecular formula is C17H25FN2. The Morgan fingerprint density at radius 2 is 2.10 bits per heavy atom. The Kier molecular flexibility index (Phi) is 3.97. The summed E-state index contributed by atoms with van der Waals surface area (Å²) in [6.45, 7) is 2.96. The van der Waals surface area contributed by atoms with Crippen molar-refractivity contribution in [2.45, 2.75) is 57.5 Å². The van der Waals surface area contributed by atoms with Crippen molar-refractivity contribution in [1.29, 1.82) is 0 Å². The highest BCUT2D eigenvalue weighted by molar-refractivity contribution is 5.51. The van der Waals surface area contributed by atoms with Crippen LogP contribution in [0.25, 0.3) is 0 Å². The molecule has 2 fully saturated rings. The van der Waals surface area contributed by atoms with Gasteiger partial charge in [0, 0.05) is 18.6 Å². The van der Waals surface area contributed by atoms with Gasteiger partial charge in [0.2, 0.25) is 0 Å². The number of hydrogen-bond acceptors (Lipinski definition) is 2. The van der Waals surface area contributed by atoms with Crippen molar-refractivity contribution in [2.75, 3.05) is 11.4 Å². The molecule has 2 N–H and O–H groups in total. The van der Waals surface area contributed by atoms with Gasteiger partial charge in [0.15, 0.2) is 0 Å². The van der Waals surface area contributed by atoms with E-state index in [1.807, 2.05) is 19.1 Å². The number of nitrogens with zero attached hydrogens (tertiary/aromatic N) is 1. The normalized spacial score (nSPS) is 27.4. The maximum atomic E-state index is 14.5. The Bertz CT molecular complexity index is 472. The van der Waals surface area contributed by atoms with Crippen LogP contribution in [-0.4, -0.2) is 18.6 Å². The second kappa shape index (κ2) is 5.72. The van der Waals surface area contributed by atoms with E-state index in [-0.39, 0.29) is 11.9 Å². The molecule has 0 spiro atoms. The zero-order valence-electron chi connectivity index (χ0n) is 12.3. The Morgan fingerprint density at radius 1 is 1.30 bits per heavy atom. The van der Waals surface area contributed by atoms with Gasteiger partial charge in [0.1, 0.15) is 5.82 Å². The fourth-order valence-corrected chi connectivity index (χ4v) is 4.04. The van der Waals surface area contributed by atoms with Gasteiger partial charge in [-0.3, -0.25) is 0 Å². The van der Waals surface area contributed by atoms with E-state index in [0.29, 0.717) is 6.04 Å². The van der Waals surface area contributed by atoms with Gasteiger partial charge >= 0.3 is 0 Å². The number of halogens is 1. The Hall–Kier alpha value is -1.09. The lowest BCUT2D eigenvalue weighted by molar-refractivity contribution is 0.359. The molecule has 110 valence electrons. The van der Waals surface area contributed by atoms with E-state index in [9.17, 15) is 4.39 Å². The van der Waals surface area contributed by atoms with Crippen LogP contribution in [0.15, 0.2) is 18.2 Å². The summed E-state index contributed by atoms with van der Waals surface area (Å²) >= 11 is 0. The van der Waals surface area contributed by atoms with Crippen molar-refractivity contribution in [2.24, 2.45) is 11.7 Å². The smallest absolute Gasteiger partial charge is 0.146 e. The summed E-state index contributed by atoms with van der Waals surface area (Å²) in [6.07, 6.45) is 7.12. The van der Waals surface area contributed by atoms with Gasteiger partial charge in [-0.1, -0.05) is 12.5 Å². The Labute approximate surface area is 121 Å². The first kappa shape index (κ1) is 13.9. The zero-order chi connectivity index (χ0) is 14.1. The molecule has 2 nitrogen and oxygen atoms in total. The topological polar surface area (TPSA) is 29.3 Å². The second-order valence-electron chi connectivity index (χ2n) is 6.56. The molecule has 1 aliphatic carbocycles. The van der Waals surface area contributed by atoms with Crippen LogP contribution in [0, 0.1) is 11.7 Å². The third kappa shape index (κ3) is 2.69. The van der Waals surface area contributed by atoms with Crippen LogP contribution in [0.2, 0.25) is 0 Å². The molecule has 1 aromatic rings. The molecule has 3 unspecified atom stereocenters. The van der Waals surface area contributed by atoms with Crippen LogP contribution in [0.1, 0.15) is 44.6 Å². The SMILES string of the molecule is CC(N)Cc1ccc(N2CCCC3CCCC32)c(F)c1.